The maximum absolute atomic E-state index is 11.7. The standard InChI is InChI=1S/C12H18N2OS/c1-3-14(12(15)7-8-16)9-11-6-4-5-10(2)13-11/h4-6,16H,3,7-9H2,1-2H3. The molecule has 0 atom stereocenters. The number of pyridine rings is 1. The summed E-state index contributed by atoms with van der Waals surface area (Å²) in [6, 6.07) is 5.87. The number of aromatic nitrogens is 1. The highest BCUT2D eigenvalue weighted by Crippen LogP contribution is 2.05. The van der Waals surface area contributed by atoms with Crippen molar-refractivity contribution in [3.8, 4) is 0 Å². The predicted octanol–water partition coefficient (Wildman–Crippen LogP) is 2.06. The highest BCUT2D eigenvalue weighted by molar-refractivity contribution is 7.80. The molecule has 0 N–H and O–H groups in total. The van der Waals surface area contributed by atoms with E-state index in [0.29, 0.717) is 25.3 Å². The molecule has 1 amide bonds. The van der Waals surface area contributed by atoms with E-state index in [2.05, 4.69) is 17.6 Å². The summed E-state index contributed by atoms with van der Waals surface area (Å²) >= 11 is 4.07. The van der Waals surface area contributed by atoms with E-state index in [0.717, 1.165) is 11.4 Å². The summed E-state index contributed by atoms with van der Waals surface area (Å²) in [6.45, 7) is 5.23. The number of thiol groups is 1. The molecule has 0 aliphatic heterocycles. The number of hydrogen-bond acceptors (Lipinski definition) is 3. The normalized spacial score (nSPS) is 10.2. The SMILES string of the molecule is CCN(Cc1cccc(C)n1)C(=O)CCS. The van der Waals surface area contributed by atoms with Crippen molar-refractivity contribution in [1.29, 1.82) is 0 Å². The van der Waals surface area contributed by atoms with Crippen LogP contribution in [0.3, 0.4) is 0 Å². The van der Waals surface area contributed by atoms with Crippen LogP contribution in [-0.4, -0.2) is 28.1 Å². The van der Waals surface area contributed by atoms with Crippen molar-refractivity contribution in [3.05, 3.63) is 29.6 Å². The quantitative estimate of drug-likeness (QED) is 0.797. The molecule has 0 saturated heterocycles. The first kappa shape index (κ1) is 13.0. The van der Waals surface area contributed by atoms with Crippen molar-refractivity contribution < 1.29 is 4.79 Å². The molecular weight excluding hydrogens is 220 g/mol. The molecule has 4 heteroatoms. The minimum absolute atomic E-state index is 0.140. The topological polar surface area (TPSA) is 33.2 Å². The van der Waals surface area contributed by atoms with Crippen molar-refractivity contribution in [3.63, 3.8) is 0 Å². The lowest BCUT2D eigenvalue weighted by Crippen LogP contribution is -2.30. The van der Waals surface area contributed by atoms with Gasteiger partial charge in [0.25, 0.3) is 0 Å². The Morgan fingerprint density at radius 2 is 2.25 bits per heavy atom. The van der Waals surface area contributed by atoms with E-state index in [1.54, 1.807) is 4.90 Å². The highest BCUT2D eigenvalue weighted by Gasteiger charge is 2.11. The molecule has 1 rings (SSSR count). The Balaban J connectivity index is 2.66. The van der Waals surface area contributed by atoms with Gasteiger partial charge in [-0.05, 0) is 31.7 Å². The zero-order valence-electron chi connectivity index (χ0n) is 9.81. The molecular formula is C12H18N2OS. The summed E-state index contributed by atoms with van der Waals surface area (Å²) in [4.78, 5) is 17.9. The molecule has 1 heterocycles. The molecule has 0 fully saturated rings. The first-order chi connectivity index (χ1) is 7.67. The number of aryl methyl sites for hydroxylation is 1. The third-order valence-corrected chi connectivity index (χ3v) is 2.58. The van der Waals surface area contributed by atoms with Crippen LogP contribution in [0, 0.1) is 6.92 Å². The van der Waals surface area contributed by atoms with Crippen molar-refractivity contribution in [2.24, 2.45) is 0 Å². The monoisotopic (exact) mass is 238 g/mol. The van der Waals surface area contributed by atoms with Gasteiger partial charge in [-0.25, -0.2) is 0 Å². The summed E-state index contributed by atoms with van der Waals surface area (Å²) in [5.41, 5.74) is 1.92. The average molecular weight is 238 g/mol. The lowest BCUT2D eigenvalue weighted by molar-refractivity contribution is -0.131. The van der Waals surface area contributed by atoms with Crippen LogP contribution < -0.4 is 0 Å². The Kier molecular flexibility index (Phi) is 5.32. The maximum Gasteiger partial charge on any atom is 0.223 e. The lowest BCUT2D eigenvalue weighted by atomic mass is 10.3. The van der Waals surface area contributed by atoms with Gasteiger partial charge in [0.05, 0.1) is 12.2 Å². The van der Waals surface area contributed by atoms with Crippen LogP contribution >= 0.6 is 12.6 Å². The minimum Gasteiger partial charge on any atom is -0.337 e. The van der Waals surface area contributed by atoms with E-state index in [4.69, 9.17) is 0 Å². The van der Waals surface area contributed by atoms with Crippen LogP contribution in [0.5, 0.6) is 0 Å². The molecule has 0 saturated carbocycles. The van der Waals surface area contributed by atoms with Gasteiger partial charge in [-0.15, -0.1) is 0 Å². The second-order valence-corrected chi connectivity index (χ2v) is 4.10. The molecule has 0 aliphatic rings. The van der Waals surface area contributed by atoms with E-state index in [9.17, 15) is 4.79 Å². The fourth-order valence-corrected chi connectivity index (χ4v) is 1.70. The van der Waals surface area contributed by atoms with Crippen LogP contribution in [0.4, 0.5) is 0 Å². The molecule has 0 aliphatic carbocycles. The van der Waals surface area contributed by atoms with Crippen molar-refractivity contribution in [2.75, 3.05) is 12.3 Å². The van der Waals surface area contributed by atoms with E-state index in [1.807, 2.05) is 32.0 Å². The lowest BCUT2D eigenvalue weighted by Gasteiger charge is -2.20. The molecule has 0 aromatic carbocycles. The summed E-state index contributed by atoms with van der Waals surface area (Å²) < 4.78 is 0. The number of carbonyl (C=O) groups is 1. The van der Waals surface area contributed by atoms with Gasteiger partial charge in [0.15, 0.2) is 0 Å². The van der Waals surface area contributed by atoms with Gasteiger partial charge >= 0.3 is 0 Å². The van der Waals surface area contributed by atoms with Crippen molar-refractivity contribution in [2.45, 2.75) is 26.8 Å². The van der Waals surface area contributed by atoms with Crippen LogP contribution in [0.15, 0.2) is 18.2 Å². The largest absolute Gasteiger partial charge is 0.337 e. The summed E-state index contributed by atoms with van der Waals surface area (Å²) in [5.74, 6) is 0.733. The Morgan fingerprint density at radius 1 is 1.50 bits per heavy atom. The first-order valence-electron chi connectivity index (χ1n) is 5.48. The third-order valence-electron chi connectivity index (χ3n) is 2.36. The van der Waals surface area contributed by atoms with Gasteiger partial charge in [0.2, 0.25) is 5.91 Å². The molecule has 0 spiro atoms. The van der Waals surface area contributed by atoms with Gasteiger partial charge < -0.3 is 4.90 Å². The number of hydrogen-bond donors (Lipinski definition) is 1. The maximum atomic E-state index is 11.7. The van der Waals surface area contributed by atoms with E-state index >= 15 is 0 Å². The fraction of sp³-hybridized carbons (Fsp3) is 0.500. The zero-order chi connectivity index (χ0) is 12.0. The van der Waals surface area contributed by atoms with E-state index < -0.39 is 0 Å². The van der Waals surface area contributed by atoms with Gasteiger partial charge in [-0.1, -0.05) is 6.07 Å². The fourth-order valence-electron chi connectivity index (χ4n) is 1.51. The van der Waals surface area contributed by atoms with Gasteiger partial charge in [0, 0.05) is 18.7 Å². The average Bonchev–Trinajstić information content (AvgIpc) is 2.26. The Morgan fingerprint density at radius 3 is 2.81 bits per heavy atom. The van der Waals surface area contributed by atoms with Crippen LogP contribution in [0.2, 0.25) is 0 Å². The Hall–Kier alpha value is -1.03. The summed E-state index contributed by atoms with van der Waals surface area (Å²) in [7, 11) is 0. The molecule has 0 bridgehead atoms. The predicted molar refractivity (Wildman–Crippen MR) is 68.5 cm³/mol. The zero-order valence-corrected chi connectivity index (χ0v) is 10.7. The van der Waals surface area contributed by atoms with Crippen molar-refractivity contribution in [1.82, 2.24) is 9.88 Å². The summed E-state index contributed by atoms with van der Waals surface area (Å²) in [5, 5.41) is 0. The number of carbonyl (C=O) groups excluding carboxylic acids is 1. The summed E-state index contributed by atoms with van der Waals surface area (Å²) in [6.07, 6.45) is 0.489. The molecule has 1 aromatic heterocycles. The highest BCUT2D eigenvalue weighted by atomic mass is 32.1. The second-order valence-electron chi connectivity index (χ2n) is 3.65. The molecule has 88 valence electrons. The number of rotatable bonds is 5. The van der Waals surface area contributed by atoms with Crippen LogP contribution in [-0.2, 0) is 11.3 Å². The van der Waals surface area contributed by atoms with Crippen LogP contribution in [0.25, 0.3) is 0 Å². The second kappa shape index (κ2) is 6.53. The molecule has 0 unspecified atom stereocenters. The molecule has 1 aromatic rings. The van der Waals surface area contributed by atoms with Gasteiger partial charge in [-0.3, -0.25) is 9.78 Å². The first-order valence-corrected chi connectivity index (χ1v) is 6.11. The van der Waals surface area contributed by atoms with Gasteiger partial charge in [0.1, 0.15) is 0 Å². The molecule has 3 nitrogen and oxygen atoms in total. The van der Waals surface area contributed by atoms with E-state index in [1.165, 1.54) is 0 Å². The third kappa shape index (κ3) is 3.85. The van der Waals surface area contributed by atoms with Gasteiger partial charge in [-0.2, -0.15) is 12.6 Å². The number of nitrogens with zero attached hydrogens (tertiary/aromatic N) is 2. The molecule has 0 radical (unpaired) electrons. The Bertz CT molecular complexity index is 355. The smallest absolute Gasteiger partial charge is 0.223 e. The van der Waals surface area contributed by atoms with Crippen molar-refractivity contribution >= 4 is 18.5 Å². The Labute approximate surface area is 102 Å². The minimum atomic E-state index is 0.140. The number of amides is 1. The van der Waals surface area contributed by atoms with E-state index in [-0.39, 0.29) is 5.91 Å². The van der Waals surface area contributed by atoms with Crippen LogP contribution in [0.1, 0.15) is 24.7 Å². The molecule has 16 heavy (non-hydrogen) atoms.